The Hall–Kier alpha value is -3.26. The predicted octanol–water partition coefficient (Wildman–Crippen LogP) is 4.19. The van der Waals surface area contributed by atoms with Gasteiger partial charge in [0.1, 0.15) is 5.82 Å². The second-order valence-electron chi connectivity index (χ2n) is 9.18. The number of rotatable bonds is 7. The molecule has 2 aromatic heterocycles. The third kappa shape index (κ3) is 5.22. The molecule has 1 fully saturated rings. The number of nitrogens with zero attached hydrogens (tertiary/aromatic N) is 5. The number of carbonyl (C=O) groups is 1. The zero-order valence-corrected chi connectivity index (χ0v) is 20.0. The fraction of sp³-hybridized carbons (Fsp3) is 0.440. The van der Waals surface area contributed by atoms with E-state index in [1.807, 2.05) is 48.4 Å². The molecule has 4 rings (SSSR count). The van der Waals surface area contributed by atoms with Crippen LogP contribution in [0.3, 0.4) is 0 Å². The summed E-state index contributed by atoms with van der Waals surface area (Å²) in [5.74, 6) is 1.53. The molecule has 0 bridgehead atoms. The highest BCUT2D eigenvalue weighted by Crippen LogP contribution is 2.24. The van der Waals surface area contributed by atoms with Crippen LogP contribution < -0.4 is 10.6 Å². The molecule has 3 heterocycles. The molecule has 0 aliphatic carbocycles. The molecule has 8 heteroatoms. The first-order chi connectivity index (χ1) is 15.8. The first-order valence-corrected chi connectivity index (χ1v) is 11.6. The van der Waals surface area contributed by atoms with Crippen LogP contribution in [0.15, 0.2) is 42.7 Å². The van der Waals surface area contributed by atoms with Crippen molar-refractivity contribution >= 4 is 17.5 Å². The van der Waals surface area contributed by atoms with Gasteiger partial charge in [-0.3, -0.25) is 4.79 Å². The summed E-state index contributed by atoms with van der Waals surface area (Å²) in [6.07, 6.45) is 4.58. The Morgan fingerprint density at radius 3 is 2.55 bits per heavy atom. The van der Waals surface area contributed by atoms with Crippen LogP contribution in [-0.2, 0) is 0 Å². The van der Waals surface area contributed by atoms with Crippen molar-refractivity contribution in [3.05, 3.63) is 54.1 Å². The fourth-order valence-corrected chi connectivity index (χ4v) is 4.42. The molecule has 1 aliphatic heterocycles. The number of aryl methyl sites for hydroxylation is 1. The van der Waals surface area contributed by atoms with Crippen LogP contribution in [0.2, 0.25) is 0 Å². The van der Waals surface area contributed by atoms with E-state index in [0.717, 1.165) is 42.4 Å². The van der Waals surface area contributed by atoms with E-state index in [1.54, 1.807) is 6.20 Å². The monoisotopic (exact) mass is 447 g/mol. The van der Waals surface area contributed by atoms with E-state index in [9.17, 15) is 4.79 Å². The Morgan fingerprint density at radius 1 is 1.09 bits per heavy atom. The van der Waals surface area contributed by atoms with Crippen LogP contribution in [0.25, 0.3) is 11.4 Å². The molecule has 1 saturated heterocycles. The Kier molecular flexibility index (Phi) is 6.74. The van der Waals surface area contributed by atoms with Gasteiger partial charge in [0.2, 0.25) is 5.95 Å². The van der Waals surface area contributed by atoms with Gasteiger partial charge < -0.3 is 20.1 Å². The van der Waals surface area contributed by atoms with Gasteiger partial charge in [-0.25, -0.2) is 15.0 Å². The quantitative estimate of drug-likeness (QED) is 0.565. The van der Waals surface area contributed by atoms with Gasteiger partial charge in [0.05, 0.1) is 17.6 Å². The second kappa shape index (κ2) is 9.70. The third-order valence-electron chi connectivity index (χ3n) is 5.85. The van der Waals surface area contributed by atoms with Crippen LogP contribution in [0.1, 0.15) is 56.3 Å². The van der Waals surface area contributed by atoms with Gasteiger partial charge in [0.25, 0.3) is 5.91 Å². The van der Waals surface area contributed by atoms with E-state index in [4.69, 9.17) is 0 Å². The summed E-state index contributed by atoms with van der Waals surface area (Å²) < 4.78 is 2.16. The van der Waals surface area contributed by atoms with Crippen molar-refractivity contribution in [3.8, 4) is 11.4 Å². The normalized spacial score (nSPS) is 16.1. The minimum atomic E-state index is 0.0742. The first-order valence-electron chi connectivity index (χ1n) is 11.6. The molecule has 174 valence electrons. The summed E-state index contributed by atoms with van der Waals surface area (Å²) in [5.41, 5.74) is 3.30. The molecule has 0 unspecified atom stereocenters. The lowest BCUT2D eigenvalue weighted by Crippen LogP contribution is -2.38. The Labute approximate surface area is 195 Å². The van der Waals surface area contributed by atoms with E-state index in [-0.39, 0.29) is 11.9 Å². The number of likely N-dealkylation sites (tertiary alicyclic amines) is 1. The molecule has 1 aliphatic rings. The molecule has 33 heavy (non-hydrogen) atoms. The standard InChI is InChI=1S/C25H33N7O/c1-16(2)28-21-11-13-31(15-21)24(33)19-6-8-20(9-7-19)29-25-26-12-10-22(30-25)23-14-27-18(5)32(23)17(3)4/h6-10,12,14,16-17,21,28H,11,13,15H2,1-5H3,(H,26,29,30)/t21-/m0/s1. The van der Waals surface area contributed by atoms with Crippen LogP contribution >= 0.6 is 0 Å². The highest BCUT2D eigenvalue weighted by Gasteiger charge is 2.27. The second-order valence-corrected chi connectivity index (χ2v) is 9.18. The van der Waals surface area contributed by atoms with Gasteiger partial charge in [-0.05, 0) is 57.5 Å². The molecule has 1 amide bonds. The van der Waals surface area contributed by atoms with Crippen molar-refractivity contribution in [3.63, 3.8) is 0 Å². The molecule has 0 spiro atoms. The van der Waals surface area contributed by atoms with Crippen molar-refractivity contribution in [2.75, 3.05) is 18.4 Å². The molecule has 1 aromatic carbocycles. The first kappa shape index (κ1) is 22.9. The van der Waals surface area contributed by atoms with E-state index in [2.05, 4.69) is 57.8 Å². The number of hydrogen-bond donors (Lipinski definition) is 2. The number of nitrogens with one attached hydrogen (secondary N) is 2. The van der Waals surface area contributed by atoms with Crippen LogP contribution in [0.4, 0.5) is 11.6 Å². The molecular formula is C25H33N7O. The van der Waals surface area contributed by atoms with Crippen molar-refractivity contribution in [1.82, 2.24) is 29.7 Å². The fourth-order valence-electron chi connectivity index (χ4n) is 4.42. The highest BCUT2D eigenvalue weighted by atomic mass is 16.2. The molecule has 0 saturated carbocycles. The minimum absolute atomic E-state index is 0.0742. The van der Waals surface area contributed by atoms with E-state index in [1.165, 1.54) is 0 Å². The number of aromatic nitrogens is 4. The van der Waals surface area contributed by atoms with Crippen molar-refractivity contribution < 1.29 is 4.79 Å². The Bertz CT molecular complexity index is 1100. The SMILES string of the molecule is Cc1ncc(-c2ccnc(Nc3ccc(C(=O)N4CC[C@H](NC(C)C)C4)cc3)n2)n1C(C)C. The maximum absolute atomic E-state index is 12.9. The van der Waals surface area contributed by atoms with Crippen molar-refractivity contribution in [2.45, 2.75) is 59.2 Å². The lowest BCUT2D eigenvalue weighted by atomic mass is 10.2. The summed E-state index contributed by atoms with van der Waals surface area (Å²) in [7, 11) is 0. The van der Waals surface area contributed by atoms with Crippen LogP contribution in [0, 0.1) is 6.92 Å². The highest BCUT2D eigenvalue weighted by molar-refractivity contribution is 5.94. The Morgan fingerprint density at radius 2 is 1.85 bits per heavy atom. The van der Waals surface area contributed by atoms with Gasteiger partial charge in [0, 0.05) is 48.7 Å². The van der Waals surface area contributed by atoms with E-state index < -0.39 is 0 Å². The smallest absolute Gasteiger partial charge is 0.253 e. The molecule has 3 aromatic rings. The lowest BCUT2D eigenvalue weighted by Gasteiger charge is -2.18. The summed E-state index contributed by atoms with van der Waals surface area (Å²) in [6, 6.07) is 10.5. The van der Waals surface area contributed by atoms with Gasteiger partial charge in [0.15, 0.2) is 0 Å². The number of carbonyl (C=O) groups excluding carboxylic acids is 1. The Balaban J connectivity index is 1.44. The number of hydrogen-bond acceptors (Lipinski definition) is 6. The predicted molar refractivity (Wildman–Crippen MR) is 131 cm³/mol. The van der Waals surface area contributed by atoms with E-state index >= 15 is 0 Å². The summed E-state index contributed by atoms with van der Waals surface area (Å²) in [5, 5.41) is 6.77. The molecule has 2 N–H and O–H groups in total. The molecule has 0 radical (unpaired) electrons. The zero-order chi connectivity index (χ0) is 23.5. The average molecular weight is 448 g/mol. The lowest BCUT2D eigenvalue weighted by molar-refractivity contribution is 0.0789. The maximum Gasteiger partial charge on any atom is 0.253 e. The average Bonchev–Trinajstić information content (AvgIpc) is 3.40. The molecule has 8 nitrogen and oxygen atoms in total. The van der Waals surface area contributed by atoms with Crippen molar-refractivity contribution in [1.29, 1.82) is 0 Å². The van der Waals surface area contributed by atoms with Gasteiger partial charge in [-0.1, -0.05) is 13.8 Å². The van der Waals surface area contributed by atoms with Crippen LogP contribution in [-0.4, -0.2) is 55.5 Å². The maximum atomic E-state index is 12.9. The van der Waals surface area contributed by atoms with Crippen LogP contribution in [0.5, 0.6) is 0 Å². The van der Waals surface area contributed by atoms with Gasteiger partial charge in [-0.15, -0.1) is 0 Å². The zero-order valence-electron chi connectivity index (χ0n) is 20.0. The third-order valence-corrected chi connectivity index (χ3v) is 5.85. The number of anilines is 2. The summed E-state index contributed by atoms with van der Waals surface area (Å²) in [6.45, 7) is 12.1. The molecular weight excluding hydrogens is 414 g/mol. The largest absolute Gasteiger partial charge is 0.337 e. The topological polar surface area (TPSA) is 88.0 Å². The number of amides is 1. The van der Waals surface area contributed by atoms with Gasteiger partial charge in [-0.2, -0.15) is 0 Å². The van der Waals surface area contributed by atoms with E-state index in [0.29, 0.717) is 23.6 Å². The molecule has 1 atom stereocenters. The van der Waals surface area contributed by atoms with Gasteiger partial charge >= 0.3 is 0 Å². The van der Waals surface area contributed by atoms with Crippen molar-refractivity contribution in [2.24, 2.45) is 0 Å². The summed E-state index contributed by atoms with van der Waals surface area (Å²) in [4.78, 5) is 28.3. The number of imidazole rings is 1. The minimum Gasteiger partial charge on any atom is -0.337 e. The summed E-state index contributed by atoms with van der Waals surface area (Å²) >= 11 is 0. The number of benzene rings is 1.